The van der Waals surface area contributed by atoms with E-state index in [4.69, 9.17) is 0 Å². The fraction of sp³-hybridized carbons (Fsp3) is 0.294. The summed E-state index contributed by atoms with van der Waals surface area (Å²) in [5.74, 6) is 0.244. The molecule has 2 aromatic carbocycles. The third-order valence-corrected chi connectivity index (χ3v) is 5.10. The van der Waals surface area contributed by atoms with Crippen molar-refractivity contribution in [1.82, 2.24) is 5.32 Å². The molecular formula is C17H21NO2S. The molecule has 0 aliphatic carbocycles. The molecule has 2 aromatic rings. The lowest BCUT2D eigenvalue weighted by Crippen LogP contribution is -2.35. The van der Waals surface area contributed by atoms with E-state index in [-0.39, 0.29) is 17.5 Å². The van der Waals surface area contributed by atoms with Gasteiger partial charge in [0.05, 0.1) is 11.5 Å². The summed E-state index contributed by atoms with van der Waals surface area (Å²) in [5, 5.41) is 3.11. The van der Waals surface area contributed by atoms with Crippen molar-refractivity contribution >= 4 is 9.84 Å². The number of benzene rings is 2. The fourth-order valence-electron chi connectivity index (χ4n) is 2.34. The van der Waals surface area contributed by atoms with Crippen molar-refractivity contribution in [2.75, 3.05) is 12.8 Å². The number of hydrogen-bond donors (Lipinski definition) is 1. The third kappa shape index (κ3) is 5.33. The van der Waals surface area contributed by atoms with Crippen LogP contribution in [0.1, 0.15) is 11.1 Å². The molecule has 1 N–H and O–H groups in total. The Labute approximate surface area is 126 Å². The molecule has 4 heteroatoms. The van der Waals surface area contributed by atoms with Gasteiger partial charge in [-0.1, -0.05) is 60.7 Å². The van der Waals surface area contributed by atoms with E-state index < -0.39 is 9.84 Å². The SMILES string of the molecule is CN[C@@H](Cc1ccccc1)CS(=O)(=O)Cc1ccccc1. The number of nitrogens with one attached hydrogen (secondary N) is 1. The van der Waals surface area contributed by atoms with Gasteiger partial charge in [-0.25, -0.2) is 8.42 Å². The minimum atomic E-state index is -3.13. The van der Waals surface area contributed by atoms with Crippen molar-refractivity contribution in [1.29, 1.82) is 0 Å². The summed E-state index contributed by atoms with van der Waals surface area (Å²) in [5.41, 5.74) is 1.99. The van der Waals surface area contributed by atoms with Crippen LogP contribution in [0.25, 0.3) is 0 Å². The van der Waals surface area contributed by atoms with Crippen LogP contribution < -0.4 is 5.32 Å². The van der Waals surface area contributed by atoms with E-state index in [2.05, 4.69) is 5.32 Å². The Morgan fingerprint density at radius 3 is 1.95 bits per heavy atom. The fourth-order valence-corrected chi connectivity index (χ4v) is 4.05. The van der Waals surface area contributed by atoms with Crippen LogP contribution in [0, 0.1) is 0 Å². The van der Waals surface area contributed by atoms with Crippen molar-refractivity contribution < 1.29 is 8.42 Å². The van der Waals surface area contributed by atoms with E-state index in [1.807, 2.05) is 67.7 Å². The molecule has 3 nitrogen and oxygen atoms in total. The number of rotatable bonds is 7. The minimum Gasteiger partial charge on any atom is -0.316 e. The van der Waals surface area contributed by atoms with Gasteiger partial charge < -0.3 is 5.32 Å². The summed E-state index contributed by atoms with van der Waals surface area (Å²) in [6.07, 6.45) is 0.714. The average molecular weight is 303 g/mol. The van der Waals surface area contributed by atoms with Crippen LogP contribution in [-0.4, -0.2) is 27.3 Å². The monoisotopic (exact) mass is 303 g/mol. The van der Waals surface area contributed by atoms with Crippen LogP contribution in [-0.2, 0) is 22.0 Å². The molecule has 0 aliphatic rings. The molecule has 1 atom stereocenters. The van der Waals surface area contributed by atoms with Gasteiger partial charge in [0.1, 0.15) is 0 Å². The third-order valence-electron chi connectivity index (χ3n) is 3.42. The van der Waals surface area contributed by atoms with Crippen LogP contribution in [0.5, 0.6) is 0 Å². The molecule has 0 fully saturated rings. The topological polar surface area (TPSA) is 46.2 Å². The molecule has 0 aromatic heterocycles. The minimum absolute atomic E-state index is 0.0684. The van der Waals surface area contributed by atoms with E-state index in [1.54, 1.807) is 0 Å². The molecule has 0 radical (unpaired) electrons. The van der Waals surface area contributed by atoms with E-state index in [0.717, 1.165) is 11.1 Å². The molecule has 0 aliphatic heterocycles. The first-order chi connectivity index (χ1) is 10.1. The van der Waals surface area contributed by atoms with Gasteiger partial charge in [-0.15, -0.1) is 0 Å². The highest BCUT2D eigenvalue weighted by atomic mass is 32.2. The van der Waals surface area contributed by atoms with Crippen molar-refractivity contribution in [2.24, 2.45) is 0 Å². The Morgan fingerprint density at radius 1 is 0.905 bits per heavy atom. The molecule has 0 unspecified atom stereocenters. The normalized spacial score (nSPS) is 13.0. The van der Waals surface area contributed by atoms with Crippen LogP contribution in [0.3, 0.4) is 0 Å². The quantitative estimate of drug-likeness (QED) is 0.854. The molecular weight excluding hydrogens is 282 g/mol. The lowest BCUT2D eigenvalue weighted by molar-refractivity contribution is 0.562. The molecule has 0 bridgehead atoms. The van der Waals surface area contributed by atoms with Gasteiger partial charge in [-0.05, 0) is 24.6 Å². The first-order valence-corrected chi connectivity index (χ1v) is 8.87. The highest BCUT2D eigenvalue weighted by Crippen LogP contribution is 2.10. The van der Waals surface area contributed by atoms with E-state index in [1.165, 1.54) is 0 Å². The van der Waals surface area contributed by atoms with E-state index in [9.17, 15) is 8.42 Å². The summed E-state index contributed by atoms with van der Waals surface area (Å²) >= 11 is 0. The summed E-state index contributed by atoms with van der Waals surface area (Å²) in [7, 11) is -1.32. The predicted octanol–water partition coefficient (Wildman–Crippen LogP) is 2.43. The zero-order valence-corrected chi connectivity index (χ0v) is 13.0. The molecule has 0 saturated carbocycles. The Balaban J connectivity index is 2.00. The zero-order chi connectivity index (χ0) is 15.1. The van der Waals surface area contributed by atoms with Crippen LogP contribution >= 0.6 is 0 Å². The van der Waals surface area contributed by atoms with Gasteiger partial charge in [-0.3, -0.25) is 0 Å². The van der Waals surface area contributed by atoms with Crippen molar-refractivity contribution in [3.63, 3.8) is 0 Å². The summed E-state index contributed by atoms with van der Waals surface area (Å²) < 4.78 is 24.6. The second-order valence-electron chi connectivity index (χ2n) is 5.22. The maximum absolute atomic E-state index is 12.3. The van der Waals surface area contributed by atoms with Gasteiger partial charge in [-0.2, -0.15) is 0 Å². The maximum atomic E-state index is 12.3. The van der Waals surface area contributed by atoms with Gasteiger partial charge in [0, 0.05) is 6.04 Å². The Kier molecular flexibility index (Phi) is 5.53. The van der Waals surface area contributed by atoms with Gasteiger partial charge in [0.2, 0.25) is 0 Å². The number of likely N-dealkylation sites (N-methyl/N-ethyl adjacent to an activating group) is 1. The zero-order valence-electron chi connectivity index (χ0n) is 12.2. The molecule has 0 heterocycles. The summed E-state index contributed by atoms with van der Waals surface area (Å²) in [6.45, 7) is 0. The molecule has 0 spiro atoms. The van der Waals surface area contributed by atoms with E-state index in [0.29, 0.717) is 6.42 Å². The Hall–Kier alpha value is -1.65. The van der Waals surface area contributed by atoms with Crippen LogP contribution in [0.2, 0.25) is 0 Å². The summed E-state index contributed by atoms with van der Waals surface area (Å²) in [4.78, 5) is 0. The standard InChI is InChI=1S/C17H21NO2S/c1-18-17(12-15-8-4-2-5-9-15)14-21(19,20)13-16-10-6-3-7-11-16/h2-11,17-18H,12-14H2,1H3/t17-/m0/s1. The van der Waals surface area contributed by atoms with Gasteiger partial charge in [0.15, 0.2) is 9.84 Å². The van der Waals surface area contributed by atoms with Gasteiger partial charge in [0.25, 0.3) is 0 Å². The molecule has 21 heavy (non-hydrogen) atoms. The lowest BCUT2D eigenvalue weighted by atomic mass is 10.1. The smallest absolute Gasteiger partial charge is 0.155 e. The molecule has 2 rings (SSSR count). The first kappa shape index (κ1) is 15.7. The number of sulfone groups is 1. The average Bonchev–Trinajstić information content (AvgIpc) is 2.48. The first-order valence-electron chi connectivity index (χ1n) is 7.04. The maximum Gasteiger partial charge on any atom is 0.155 e. The van der Waals surface area contributed by atoms with Crippen molar-refractivity contribution in [2.45, 2.75) is 18.2 Å². The highest BCUT2D eigenvalue weighted by molar-refractivity contribution is 7.90. The lowest BCUT2D eigenvalue weighted by Gasteiger charge is -2.16. The van der Waals surface area contributed by atoms with Crippen LogP contribution in [0.4, 0.5) is 0 Å². The second kappa shape index (κ2) is 7.38. The van der Waals surface area contributed by atoms with Crippen molar-refractivity contribution in [3.8, 4) is 0 Å². The Bertz CT molecular complexity index is 639. The number of hydrogen-bond acceptors (Lipinski definition) is 3. The largest absolute Gasteiger partial charge is 0.316 e. The van der Waals surface area contributed by atoms with Crippen molar-refractivity contribution in [3.05, 3.63) is 71.8 Å². The summed E-state index contributed by atoms with van der Waals surface area (Å²) in [6, 6.07) is 19.2. The molecule has 112 valence electrons. The Morgan fingerprint density at radius 2 is 1.43 bits per heavy atom. The highest BCUT2D eigenvalue weighted by Gasteiger charge is 2.18. The predicted molar refractivity (Wildman–Crippen MR) is 86.9 cm³/mol. The second-order valence-corrected chi connectivity index (χ2v) is 7.32. The molecule has 0 saturated heterocycles. The van der Waals surface area contributed by atoms with Crippen LogP contribution in [0.15, 0.2) is 60.7 Å². The molecule has 0 amide bonds. The van der Waals surface area contributed by atoms with Gasteiger partial charge >= 0.3 is 0 Å². The van der Waals surface area contributed by atoms with E-state index >= 15 is 0 Å².